The van der Waals surface area contributed by atoms with Crippen LogP contribution >= 0.6 is 0 Å². The van der Waals surface area contributed by atoms with E-state index < -0.39 is 0 Å². The average Bonchev–Trinajstić information content (AvgIpc) is 2.48. The molecule has 0 aliphatic heterocycles. The second-order valence-corrected chi connectivity index (χ2v) is 4.84. The van der Waals surface area contributed by atoms with Gasteiger partial charge in [0.1, 0.15) is 12.7 Å². The fourth-order valence-corrected chi connectivity index (χ4v) is 2.31. The summed E-state index contributed by atoms with van der Waals surface area (Å²) in [5, 5.41) is 2.99. The summed E-state index contributed by atoms with van der Waals surface area (Å²) in [6, 6.07) is 0.227. The molecule has 1 aromatic rings. The lowest BCUT2D eigenvalue weighted by Crippen LogP contribution is -2.41. The van der Waals surface area contributed by atoms with Crippen molar-refractivity contribution >= 4 is 5.91 Å². The Morgan fingerprint density at radius 2 is 2.15 bits per heavy atom. The van der Waals surface area contributed by atoms with Crippen LogP contribution in [0, 0.1) is 0 Å². The molecule has 1 heterocycles. The highest BCUT2D eigenvalue weighted by molar-refractivity contribution is 5.77. The number of nitrogens with one attached hydrogen (secondary N) is 1. The van der Waals surface area contributed by atoms with E-state index in [1.807, 2.05) is 6.92 Å². The number of rotatable bonds is 6. The van der Waals surface area contributed by atoms with Gasteiger partial charge in [-0.15, -0.1) is 0 Å². The van der Waals surface area contributed by atoms with Crippen molar-refractivity contribution in [2.45, 2.75) is 44.8 Å². The molecule has 0 radical (unpaired) electrons. The molecular formula is C14H21N3O3. The van der Waals surface area contributed by atoms with Gasteiger partial charge in [-0.2, -0.15) is 0 Å². The van der Waals surface area contributed by atoms with Crippen molar-refractivity contribution in [3.63, 3.8) is 0 Å². The summed E-state index contributed by atoms with van der Waals surface area (Å²) >= 11 is 0. The summed E-state index contributed by atoms with van der Waals surface area (Å²) in [5.74, 6) is 0.529. The zero-order chi connectivity index (χ0) is 14.2. The minimum atomic E-state index is -0.0369. The lowest BCUT2D eigenvalue weighted by molar-refractivity contribution is -0.126. The third-order valence-corrected chi connectivity index (χ3v) is 3.30. The first-order valence-electron chi connectivity index (χ1n) is 7.07. The third-order valence-electron chi connectivity index (χ3n) is 3.30. The number of aromatic nitrogens is 2. The van der Waals surface area contributed by atoms with Crippen LogP contribution in [0.15, 0.2) is 18.6 Å². The minimum absolute atomic E-state index is 0.0369. The van der Waals surface area contributed by atoms with Gasteiger partial charge in [0.2, 0.25) is 11.8 Å². The molecule has 0 atom stereocenters. The van der Waals surface area contributed by atoms with E-state index >= 15 is 0 Å². The van der Waals surface area contributed by atoms with Gasteiger partial charge < -0.3 is 14.8 Å². The van der Waals surface area contributed by atoms with Crippen molar-refractivity contribution in [1.29, 1.82) is 0 Å². The van der Waals surface area contributed by atoms with E-state index in [9.17, 15) is 4.79 Å². The molecule has 6 nitrogen and oxygen atoms in total. The van der Waals surface area contributed by atoms with Gasteiger partial charge in [-0.3, -0.25) is 9.78 Å². The second kappa shape index (κ2) is 7.79. The van der Waals surface area contributed by atoms with E-state index in [2.05, 4.69) is 15.3 Å². The second-order valence-electron chi connectivity index (χ2n) is 4.84. The highest BCUT2D eigenvalue weighted by Crippen LogP contribution is 2.22. The van der Waals surface area contributed by atoms with E-state index in [0.29, 0.717) is 12.5 Å². The Balaban J connectivity index is 1.68. The van der Waals surface area contributed by atoms with E-state index in [-0.39, 0.29) is 24.7 Å². The number of ether oxygens (including phenoxy) is 2. The van der Waals surface area contributed by atoms with Crippen molar-refractivity contribution in [2.24, 2.45) is 0 Å². The molecule has 0 saturated heterocycles. The molecule has 110 valence electrons. The van der Waals surface area contributed by atoms with Crippen LogP contribution in [0.2, 0.25) is 0 Å². The monoisotopic (exact) mass is 279 g/mol. The van der Waals surface area contributed by atoms with Crippen molar-refractivity contribution in [3.8, 4) is 5.88 Å². The highest BCUT2D eigenvalue weighted by Gasteiger charge is 2.23. The van der Waals surface area contributed by atoms with E-state index in [1.54, 1.807) is 18.6 Å². The molecule has 1 N–H and O–H groups in total. The van der Waals surface area contributed by atoms with Crippen molar-refractivity contribution in [3.05, 3.63) is 18.6 Å². The van der Waals surface area contributed by atoms with Crippen LogP contribution in [-0.4, -0.2) is 41.2 Å². The number of carbonyl (C=O) groups is 1. The molecule has 20 heavy (non-hydrogen) atoms. The quantitative estimate of drug-likeness (QED) is 0.850. The Bertz CT molecular complexity index is 405. The molecular weight excluding hydrogens is 258 g/mol. The van der Waals surface area contributed by atoms with Crippen LogP contribution in [-0.2, 0) is 9.53 Å². The lowest BCUT2D eigenvalue weighted by Gasteiger charge is -2.29. The van der Waals surface area contributed by atoms with Crippen LogP contribution < -0.4 is 10.1 Å². The maximum atomic E-state index is 11.6. The SMILES string of the molecule is CCOCC(=O)NC1CCC(Oc2cnccn2)CC1. The largest absolute Gasteiger partial charge is 0.473 e. The van der Waals surface area contributed by atoms with Crippen molar-refractivity contribution in [1.82, 2.24) is 15.3 Å². The van der Waals surface area contributed by atoms with Crippen LogP contribution in [0.5, 0.6) is 5.88 Å². The number of carbonyl (C=O) groups excluding carboxylic acids is 1. The number of hydrogen-bond acceptors (Lipinski definition) is 5. The Labute approximate surface area is 118 Å². The van der Waals surface area contributed by atoms with Crippen molar-refractivity contribution < 1.29 is 14.3 Å². The van der Waals surface area contributed by atoms with Gasteiger partial charge in [0.25, 0.3) is 0 Å². The standard InChI is InChI=1S/C14H21N3O3/c1-2-19-10-13(18)17-11-3-5-12(6-4-11)20-14-9-15-7-8-16-14/h7-9,11-12H,2-6,10H2,1H3,(H,17,18). The Hall–Kier alpha value is -1.69. The zero-order valence-electron chi connectivity index (χ0n) is 11.7. The summed E-state index contributed by atoms with van der Waals surface area (Å²) in [6.07, 6.45) is 8.69. The lowest BCUT2D eigenvalue weighted by atomic mass is 9.93. The van der Waals surface area contributed by atoms with Gasteiger partial charge >= 0.3 is 0 Å². The first-order chi connectivity index (χ1) is 9.78. The van der Waals surface area contributed by atoms with E-state index in [0.717, 1.165) is 25.7 Å². The zero-order valence-corrected chi connectivity index (χ0v) is 11.7. The maximum absolute atomic E-state index is 11.6. The summed E-state index contributed by atoms with van der Waals surface area (Å²) < 4.78 is 10.8. The average molecular weight is 279 g/mol. The van der Waals surface area contributed by atoms with Gasteiger partial charge in [0, 0.05) is 25.0 Å². The summed E-state index contributed by atoms with van der Waals surface area (Å²) in [5.41, 5.74) is 0. The smallest absolute Gasteiger partial charge is 0.246 e. The van der Waals surface area contributed by atoms with E-state index in [4.69, 9.17) is 9.47 Å². The molecule has 6 heteroatoms. The highest BCUT2D eigenvalue weighted by atomic mass is 16.5. The molecule has 1 saturated carbocycles. The third kappa shape index (κ3) is 4.77. The van der Waals surface area contributed by atoms with Gasteiger partial charge in [0.15, 0.2) is 0 Å². The Kier molecular flexibility index (Phi) is 5.73. The van der Waals surface area contributed by atoms with Crippen LogP contribution in [0.4, 0.5) is 0 Å². The Morgan fingerprint density at radius 1 is 1.35 bits per heavy atom. The minimum Gasteiger partial charge on any atom is -0.473 e. The molecule has 2 rings (SSSR count). The molecule has 0 unspecified atom stereocenters. The van der Waals surface area contributed by atoms with Crippen LogP contribution in [0.25, 0.3) is 0 Å². The topological polar surface area (TPSA) is 73.3 Å². The summed E-state index contributed by atoms with van der Waals surface area (Å²) in [4.78, 5) is 19.6. The maximum Gasteiger partial charge on any atom is 0.246 e. The predicted octanol–water partition coefficient (Wildman–Crippen LogP) is 1.32. The van der Waals surface area contributed by atoms with Crippen molar-refractivity contribution in [2.75, 3.05) is 13.2 Å². The van der Waals surface area contributed by atoms with E-state index in [1.165, 1.54) is 0 Å². The summed E-state index contributed by atoms with van der Waals surface area (Å²) in [7, 11) is 0. The fraction of sp³-hybridized carbons (Fsp3) is 0.643. The Morgan fingerprint density at radius 3 is 2.80 bits per heavy atom. The number of nitrogens with zero attached hydrogens (tertiary/aromatic N) is 2. The molecule has 0 aromatic carbocycles. The number of amides is 1. The molecule has 0 bridgehead atoms. The molecule has 0 spiro atoms. The fourth-order valence-electron chi connectivity index (χ4n) is 2.31. The molecule has 1 aromatic heterocycles. The molecule has 1 amide bonds. The van der Waals surface area contributed by atoms with Gasteiger partial charge in [-0.1, -0.05) is 0 Å². The predicted molar refractivity (Wildman–Crippen MR) is 73.3 cm³/mol. The van der Waals surface area contributed by atoms with Gasteiger partial charge in [-0.05, 0) is 32.6 Å². The molecule has 1 aliphatic carbocycles. The normalized spacial score (nSPS) is 22.2. The number of hydrogen-bond donors (Lipinski definition) is 1. The first-order valence-corrected chi connectivity index (χ1v) is 7.07. The van der Waals surface area contributed by atoms with Gasteiger partial charge in [0.05, 0.1) is 6.20 Å². The van der Waals surface area contributed by atoms with Crippen LogP contribution in [0.1, 0.15) is 32.6 Å². The molecule has 1 fully saturated rings. The van der Waals surface area contributed by atoms with Gasteiger partial charge in [-0.25, -0.2) is 4.98 Å². The first kappa shape index (κ1) is 14.7. The van der Waals surface area contributed by atoms with Crippen LogP contribution in [0.3, 0.4) is 0 Å². The summed E-state index contributed by atoms with van der Waals surface area (Å²) in [6.45, 7) is 2.58. The molecule has 1 aliphatic rings.